The smallest absolute Gasteiger partial charge is 0.432 e. The Hall–Kier alpha value is -2.68. The van der Waals surface area contributed by atoms with Crippen molar-refractivity contribution in [2.45, 2.75) is 37.6 Å². The summed E-state index contributed by atoms with van der Waals surface area (Å²) in [5.41, 5.74) is -7.38. The lowest BCUT2D eigenvalue weighted by atomic mass is 9.81. The number of alkyl halides is 3. The fourth-order valence-electron chi connectivity index (χ4n) is 3.21. The summed E-state index contributed by atoms with van der Waals surface area (Å²) < 4.78 is 56.5. The molecule has 1 heterocycles. The predicted molar refractivity (Wildman–Crippen MR) is 94.6 cm³/mol. The number of carbonyl (C=O) groups is 3. The van der Waals surface area contributed by atoms with Gasteiger partial charge >= 0.3 is 18.1 Å². The molecule has 1 aromatic carbocycles. The molecule has 158 valence electrons. The molecular weight excluding hydrogens is 393 g/mol. The van der Waals surface area contributed by atoms with E-state index in [1.54, 1.807) is 0 Å². The monoisotopic (exact) mass is 414 g/mol. The summed E-state index contributed by atoms with van der Waals surface area (Å²) in [6, 6.07) is 6.24. The van der Waals surface area contributed by atoms with Crippen LogP contribution in [0, 0.1) is 5.41 Å². The van der Waals surface area contributed by atoms with Gasteiger partial charge in [0.15, 0.2) is 5.78 Å². The maximum atomic E-state index is 13.9. The molecule has 0 N–H and O–H groups in total. The van der Waals surface area contributed by atoms with E-state index in [9.17, 15) is 27.6 Å². The number of esters is 2. The van der Waals surface area contributed by atoms with Gasteiger partial charge in [-0.3, -0.25) is 9.59 Å². The maximum Gasteiger partial charge on any atom is 0.432 e. The third-order valence-corrected chi connectivity index (χ3v) is 4.86. The van der Waals surface area contributed by atoms with Crippen molar-refractivity contribution in [2.24, 2.45) is 5.41 Å². The van der Waals surface area contributed by atoms with Crippen molar-refractivity contribution in [2.75, 3.05) is 13.7 Å². The van der Waals surface area contributed by atoms with Gasteiger partial charge in [0.05, 0.1) is 0 Å². The van der Waals surface area contributed by atoms with Crippen molar-refractivity contribution in [3.8, 4) is 0 Å². The minimum absolute atomic E-state index is 0.231. The first kappa shape index (κ1) is 22.6. The third kappa shape index (κ3) is 3.55. The molecule has 2 atom stereocenters. The first-order chi connectivity index (χ1) is 13.4. The Morgan fingerprint density at radius 3 is 2.21 bits per heavy atom. The molecule has 0 aromatic heterocycles. The van der Waals surface area contributed by atoms with Gasteiger partial charge in [-0.25, -0.2) is 4.79 Å². The lowest BCUT2D eigenvalue weighted by Gasteiger charge is -2.33. The van der Waals surface area contributed by atoms with Crippen LogP contribution >= 0.6 is 0 Å². The molecule has 6 nitrogen and oxygen atoms in total. The van der Waals surface area contributed by atoms with Crippen LogP contribution in [0.15, 0.2) is 43.0 Å². The summed E-state index contributed by atoms with van der Waals surface area (Å²) in [4.78, 5) is 37.4. The Bertz CT molecular complexity index is 817. The quantitative estimate of drug-likeness (QED) is 0.388. The van der Waals surface area contributed by atoms with Crippen LogP contribution in [0.25, 0.3) is 0 Å². The Balaban J connectivity index is 2.41. The normalized spacial score (nSPS) is 23.2. The summed E-state index contributed by atoms with van der Waals surface area (Å²) in [6.07, 6.45) is -4.14. The summed E-state index contributed by atoms with van der Waals surface area (Å²) in [7, 11) is 0.727. The largest absolute Gasteiger partial charge is 0.458 e. The number of ketones is 1. The number of carbonyl (C=O) groups excluding carboxylic acids is 3. The zero-order valence-corrected chi connectivity index (χ0v) is 16.2. The summed E-state index contributed by atoms with van der Waals surface area (Å²) in [5.74, 6) is -3.36. The maximum absolute atomic E-state index is 13.9. The molecule has 1 aromatic rings. The van der Waals surface area contributed by atoms with Gasteiger partial charge in [-0.05, 0) is 13.8 Å². The molecule has 29 heavy (non-hydrogen) atoms. The van der Waals surface area contributed by atoms with Gasteiger partial charge in [0.2, 0.25) is 5.60 Å². The van der Waals surface area contributed by atoms with Crippen LogP contribution in [-0.2, 0) is 34.2 Å². The molecule has 0 saturated carbocycles. The van der Waals surface area contributed by atoms with Crippen molar-refractivity contribution in [3.63, 3.8) is 0 Å². The van der Waals surface area contributed by atoms with Crippen LogP contribution in [0.3, 0.4) is 0 Å². The second-order valence-electron chi connectivity index (χ2n) is 7.16. The topological polar surface area (TPSA) is 78.9 Å². The van der Waals surface area contributed by atoms with E-state index in [4.69, 9.17) is 9.47 Å². The second-order valence-corrected chi connectivity index (χ2v) is 7.16. The Morgan fingerprint density at radius 2 is 1.79 bits per heavy atom. The zero-order valence-electron chi connectivity index (χ0n) is 16.2. The van der Waals surface area contributed by atoms with E-state index in [0.29, 0.717) is 0 Å². The molecule has 0 bridgehead atoms. The molecular formula is C20H21F3O6. The van der Waals surface area contributed by atoms with Crippen LogP contribution in [0.5, 0.6) is 0 Å². The van der Waals surface area contributed by atoms with Gasteiger partial charge in [-0.15, -0.1) is 6.58 Å². The molecule has 2 rings (SSSR count). The minimum atomic E-state index is -5.17. The molecule has 1 fully saturated rings. The zero-order chi connectivity index (χ0) is 22.1. The highest BCUT2D eigenvalue weighted by atomic mass is 19.4. The van der Waals surface area contributed by atoms with E-state index in [0.717, 1.165) is 19.2 Å². The van der Waals surface area contributed by atoms with Gasteiger partial charge in [-0.1, -0.05) is 36.4 Å². The number of halogens is 3. The molecule has 0 aliphatic carbocycles. The summed E-state index contributed by atoms with van der Waals surface area (Å²) >= 11 is 0. The average Bonchev–Trinajstić information content (AvgIpc) is 2.82. The van der Waals surface area contributed by atoms with Crippen molar-refractivity contribution in [1.29, 1.82) is 0 Å². The Labute approximate surface area is 165 Å². The number of benzene rings is 1. The lowest BCUT2D eigenvalue weighted by molar-refractivity contribution is -0.277. The van der Waals surface area contributed by atoms with E-state index >= 15 is 0 Å². The average molecular weight is 414 g/mol. The van der Waals surface area contributed by atoms with Crippen LogP contribution in [-0.4, -0.2) is 43.2 Å². The molecule has 0 radical (unpaired) electrons. The Morgan fingerprint density at radius 1 is 1.21 bits per heavy atom. The van der Waals surface area contributed by atoms with Crippen molar-refractivity contribution >= 4 is 17.7 Å². The number of ether oxygens (including phenoxy) is 3. The van der Waals surface area contributed by atoms with E-state index in [-0.39, 0.29) is 6.42 Å². The SMILES string of the molecule is C=CC[C@@]1(COC(=O)[C@@](OC)(c2ccccc2)C(F)(F)F)OC(=O)C(C)(C)C1=O. The molecule has 9 heteroatoms. The van der Waals surface area contributed by atoms with Gasteiger partial charge in [0, 0.05) is 19.1 Å². The molecule has 1 saturated heterocycles. The van der Waals surface area contributed by atoms with E-state index in [1.807, 2.05) is 0 Å². The number of cyclic esters (lactones) is 1. The van der Waals surface area contributed by atoms with Crippen LogP contribution in [0.1, 0.15) is 25.8 Å². The van der Waals surface area contributed by atoms with Crippen LogP contribution in [0.4, 0.5) is 13.2 Å². The molecule has 1 aliphatic heterocycles. The highest BCUT2D eigenvalue weighted by Gasteiger charge is 2.65. The number of hydrogen-bond acceptors (Lipinski definition) is 6. The number of methoxy groups -OCH3 is 1. The third-order valence-electron chi connectivity index (χ3n) is 4.86. The minimum Gasteiger partial charge on any atom is -0.458 e. The first-order valence-corrected chi connectivity index (χ1v) is 8.63. The van der Waals surface area contributed by atoms with Gasteiger partial charge in [-0.2, -0.15) is 13.2 Å². The predicted octanol–water partition coefficient (Wildman–Crippen LogP) is 3.10. The highest BCUT2D eigenvalue weighted by Crippen LogP contribution is 2.44. The number of hydrogen-bond donors (Lipinski definition) is 0. The van der Waals surface area contributed by atoms with Gasteiger partial charge in [0.1, 0.15) is 12.0 Å². The van der Waals surface area contributed by atoms with Gasteiger partial charge < -0.3 is 14.2 Å². The summed E-state index contributed by atoms with van der Waals surface area (Å²) in [5, 5.41) is 0. The van der Waals surface area contributed by atoms with Crippen LogP contribution < -0.4 is 0 Å². The molecule has 0 spiro atoms. The van der Waals surface area contributed by atoms with Gasteiger partial charge in [0.25, 0.3) is 5.60 Å². The highest BCUT2D eigenvalue weighted by molar-refractivity contribution is 6.12. The first-order valence-electron chi connectivity index (χ1n) is 8.63. The molecule has 0 unspecified atom stereocenters. The lowest BCUT2D eigenvalue weighted by Crippen LogP contribution is -2.53. The van der Waals surface area contributed by atoms with Crippen molar-refractivity contribution in [1.82, 2.24) is 0 Å². The Kier molecular flexibility index (Phi) is 5.94. The number of rotatable bonds is 7. The van der Waals surface area contributed by atoms with E-state index < -0.39 is 52.7 Å². The fraction of sp³-hybridized carbons (Fsp3) is 0.450. The van der Waals surface area contributed by atoms with E-state index in [2.05, 4.69) is 11.3 Å². The van der Waals surface area contributed by atoms with Crippen molar-refractivity contribution < 1.29 is 41.8 Å². The summed E-state index contributed by atoms with van der Waals surface area (Å²) in [6.45, 7) is 5.21. The van der Waals surface area contributed by atoms with E-state index in [1.165, 1.54) is 38.1 Å². The standard InChI is InChI=1S/C20H21F3O6/c1-5-11-18(14(24)17(2,3)15(25)29-18)12-28-16(26)19(27-4,20(21,22)23)13-9-7-6-8-10-13/h5-10H,1,11-12H2,2-4H3/t18-,19-/m0/s1. The fourth-order valence-corrected chi connectivity index (χ4v) is 3.21. The van der Waals surface area contributed by atoms with Crippen molar-refractivity contribution in [3.05, 3.63) is 48.6 Å². The second kappa shape index (κ2) is 7.62. The van der Waals surface area contributed by atoms with Crippen LogP contribution in [0.2, 0.25) is 0 Å². The molecule has 0 amide bonds. The molecule has 1 aliphatic rings. The number of Topliss-reactive ketones (excluding diaryl/α,β-unsaturated/α-hetero) is 1.